The highest BCUT2D eigenvalue weighted by Crippen LogP contribution is 2.27. The maximum atomic E-state index is 12.0. The molecule has 0 bridgehead atoms. The standard InChI is InChI=1S/C20H25ClN2O2/c1-12(2)16-7-6-13(3)18(10-16)22-23-19(24)11-25-17-8-14(4)20(21)15(5)9-17/h6,8-9,16H,1,7,10-11H2,2-5H3,(H,23,24)/b22-18+. The van der Waals surface area contributed by atoms with Gasteiger partial charge < -0.3 is 4.74 Å². The summed E-state index contributed by atoms with van der Waals surface area (Å²) < 4.78 is 5.54. The largest absolute Gasteiger partial charge is 0.484 e. The molecule has 1 aromatic carbocycles. The van der Waals surface area contributed by atoms with Gasteiger partial charge in [-0.25, -0.2) is 5.43 Å². The first-order valence-corrected chi connectivity index (χ1v) is 8.73. The van der Waals surface area contributed by atoms with E-state index in [1.165, 1.54) is 0 Å². The van der Waals surface area contributed by atoms with Gasteiger partial charge in [-0.2, -0.15) is 5.10 Å². The van der Waals surface area contributed by atoms with Crippen LogP contribution < -0.4 is 10.2 Å². The third-order valence-electron chi connectivity index (χ3n) is 4.40. The van der Waals surface area contributed by atoms with E-state index in [-0.39, 0.29) is 12.5 Å². The number of aryl methyl sites for hydroxylation is 2. The van der Waals surface area contributed by atoms with Crippen LogP contribution in [0.1, 0.15) is 37.8 Å². The molecule has 1 aromatic rings. The molecule has 1 atom stereocenters. The first-order valence-electron chi connectivity index (χ1n) is 8.35. The van der Waals surface area contributed by atoms with Crippen LogP contribution in [0.25, 0.3) is 0 Å². The van der Waals surface area contributed by atoms with Gasteiger partial charge in [0.15, 0.2) is 6.61 Å². The van der Waals surface area contributed by atoms with Gasteiger partial charge in [0.2, 0.25) is 0 Å². The third kappa shape index (κ3) is 5.20. The highest BCUT2D eigenvalue weighted by Gasteiger charge is 2.18. The van der Waals surface area contributed by atoms with Crippen LogP contribution in [0.4, 0.5) is 0 Å². The maximum absolute atomic E-state index is 12.0. The average Bonchev–Trinajstić information content (AvgIpc) is 2.56. The van der Waals surface area contributed by atoms with E-state index >= 15 is 0 Å². The van der Waals surface area contributed by atoms with Crippen molar-refractivity contribution in [3.63, 3.8) is 0 Å². The lowest BCUT2D eigenvalue weighted by atomic mass is 9.85. The lowest BCUT2D eigenvalue weighted by Gasteiger charge is -2.22. The van der Waals surface area contributed by atoms with Gasteiger partial charge in [-0.15, -0.1) is 0 Å². The molecule has 4 nitrogen and oxygen atoms in total. The molecule has 1 unspecified atom stereocenters. The zero-order valence-corrected chi connectivity index (χ0v) is 16.0. The molecule has 134 valence electrons. The summed E-state index contributed by atoms with van der Waals surface area (Å²) in [6, 6.07) is 3.64. The number of hydrazone groups is 1. The number of hydrogen-bond acceptors (Lipinski definition) is 3. The molecule has 0 spiro atoms. The Balaban J connectivity index is 1.93. The number of allylic oxidation sites excluding steroid dienone is 3. The minimum atomic E-state index is -0.289. The van der Waals surface area contributed by atoms with E-state index in [1.54, 1.807) is 0 Å². The number of halogens is 1. The van der Waals surface area contributed by atoms with Crippen molar-refractivity contribution in [3.05, 3.63) is 52.1 Å². The Morgan fingerprint density at radius 2 is 2.00 bits per heavy atom. The van der Waals surface area contributed by atoms with Crippen molar-refractivity contribution in [1.82, 2.24) is 5.43 Å². The van der Waals surface area contributed by atoms with Gasteiger partial charge in [-0.05, 0) is 75.3 Å². The Hall–Kier alpha value is -2.07. The number of carbonyl (C=O) groups excluding carboxylic acids is 1. The molecule has 0 aromatic heterocycles. The zero-order chi connectivity index (χ0) is 18.6. The predicted molar refractivity (Wildman–Crippen MR) is 103 cm³/mol. The number of rotatable bonds is 5. The number of nitrogens with one attached hydrogen (secondary N) is 1. The van der Waals surface area contributed by atoms with Crippen molar-refractivity contribution in [2.75, 3.05) is 6.61 Å². The second-order valence-electron chi connectivity index (χ2n) is 6.62. The van der Waals surface area contributed by atoms with E-state index in [2.05, 4.69) is 23.2 Å². The average molecular weight is 361 g/mol. The molecule has 25 heavy (non-hydrogen) atoms. The van der Waals surface area contributed by atoms with Crippen LogP contribution in [0, 0.1) is 19.8 Å². The van der Waals surface area contributed by atoms with Crippen molar-refractivity contribution in [1.29, 1.82) is 0 Å². The van der Waals surface area contributed by atoms with Gasteiger partial charge in [0.25, 0.3) is 5.91 Å². The summed E-state index contributed by atoms with van der Waals surface area (Å²) >= 11 is 6.13. The summed E-state index contributed by atoms with van der Waals surface area (Å²) in [5, 5.41) is 4.98. The molecule has 0 saturated heterocycles. The van der Waals surface area contributed by atoms with Gasteiger partial charge in [-0.3, -0.25) is 4.79 Å². The molecule has 2 rings (SSSR count). The van der Waals surface area contributed by atoms with Crippen LogP contribution in [0.3, 0.4) is 0 Å². The molecule has 1 aliphatic rings. The highest BCUT2D eigenvalue weighted by molar-refractivity contribution is 6.32. The fourth-order valence-corrected chi connectivity index (χ4v) is 2.83. The first-order chi connectivity index (χ1) is 11.8. The van der Waals surface area contributed by atoms with Crippen LogP contribution in [-0.2, 0) is 4.79 Å². The Kier molecular flexibility index (Phi) is 6.43. The van der Waals surface area contributed by atoms with Crippen LogP contribution in [0.2, 0.25) is 5.02 Å². The summed E-state index contributed by atoms with van der Waals surface area (Å²) in [5.41, 5.74) is 7.56. The number of ether oxygens (including phenoxy) is 1. The molecule has 0 radical (unpaired) electrons. The normalized spacial score (nSPS) is 18.7. The third-order valence-corrected chi connectivity index (χ3v) is 4.99. The van der Waals surface area contributed by atoms with Gasteiger partial charge in [0.05, 0.1) is 5.71 Å². The molecular formula is C20H25ClN2O2. The van der Waals surface area contributed by atoms with Crippen molar-refractivity contribution in [2.45, 2.75) is 40.5 Å². The summed E-state index contributed by atoms with van der Waals surface area (Å²) in [6.07, 6.45) is 3.92. The van der Waals surface area contributed by atoms with Crippen LogP contribution in [0.15, 0.2) is 41.0 Å². The van der Waals surface area contributed by atoms with E-state index < -0.39 is 0 Å². The topological polar surface area (TPSA) is 50.7 Å². The fourth-order valence-electron chi connectivity index (χ4n) is 2.72. The van der Waals surface area contributed by atoms with Crippen molar-refractivity contribution in [3.8, 4) is 5.75 Å². The van der Waals surface area contributed by atoms with Gasteiger partial charge in [0.1, 0.15) is 5.75 Å². The summed E-state index contributed by atoms with van der Waals surface area (Å²) in [7, 11) is 0. The van der Waals surface area contributed by atoms with Gasteiger partial charge in [-0.1, -0.05) is 29.8 Å². The minimum absolute atomic E-state index is 0.0933. The lowest BCUT2D eigenvalue weighted by Crippen LogP contribution is -2.27. The predicted octanol–water partition coefficient (Wildman–Crippen LogP) is 4.74. The second-order valence-corrected chi connectivity index (χ2v) is 7.00. The van der Waals surface area contributed by atoms with E-state index in [9.17, 15) is 4.79 Å². The maximum Gasteiger partial charge on any atom is 0.277 e. The Labute approximate surface area is 154 Å². The van der Waals surface area contributed by atoms with Crippen LogP contribution >= 0.6 is 11.6 Å². The second kappa shape index (κ2) is 8.34. The number of hydrogen-bond donors (Lipinski definition) is 1. The van der Waals surface area contributed by atoms with Crippen LogP contribution in [-0.4, -0.2) is 18.2 Å². The van der Waals surface area contributed by atoms with Gasteiger partial charge >= 0.3 is 0 Å². The van der Waals surface area contributed by atoms with Crippen LogP contribution in [0.5, 0.6) is 5.75 Å². The van der Waals surface area contributed by atoms with Crippen molar-refractivity contribution >= 4 is 23.2 Å². The highest BCUT2D eigenvalue weighted by atomic mass is 35.5. The monoisotopic (exact) mass is 360 g/mol. The SMILES string of the molecule is C=C(C)C1CC=C(C)/C(=N/NC(=O)COc2cc(C)c(Cl)c(C)c2)C1. The van der Waals surface area contributed by atoms with E-state index in [4.69, 9.17) is 16.3 Å². The molecule has 0 heterocycles. The smallest absolute Gasteiger partial charge is 0.277 e. The number of benzene rings is 1. The Bertz CT molecular complexity index is 727. The van der Waals surface area contributed by atoms with Crippen molar-refractivity contribution in [2.24, 2.45) is 11.0 Å². The molecule has 0 saturated carbocycles. The van der Waals surface area contributed by atoms with E-state index in [1.807, 2.05) is 39.8 Å². The first kappa shape index (κ1) is 19.3. The van der Waals surface area contributed by atoms with Gasteiger partial charge in [0, 0.05) is 5.02 Å². The number of amides is 1. The van der Waals surface area contributed by atoms with E-state index in [0.29, 0.717) is 11.7 Å². The Morgan fingerprint density at radius 3 is 2.60 bits per heavy atom. The number of carbonyl (C=O) groups is 1. The van der Waals surface area contributed by atoms with Crippen molar-refractivity contribution < 1.29 is 9.53 Å². The summed E-state index contributed by atoms with van der Waals surface area (Å²) in [4.78, 5) is 12.0. The minimum Gasteiger partial charge on any atom is -0.484 e. The quantitative estimate of drug-likeness (QED) is 0.609. The number of nitrogens with zero attached hydrogens (tertiary/aromatic N) is 1. The molecule has 1 N–H and O–H groups in total. The zero-order valence-electron chi connectivity index (χ0n) is 15.3. The molecule has 0 fully saturated rings. The summed E-state index contributed by atoms with van der Waals surface area (Å²) in [6.45, 7) is 11.8. The molecule has 5 heteroatoms. The molecular weight excluding hydrogens is 336 g/mol. The summed E-state index contributed by atoms with van der Waals surface area (Å²) in [5.74, 6) is 0.719. The van der Waals surface area contributed by atoms with E-state index in [0.717, 1.165) is 45.8 Å². The molecule has 1 aliphatic carbocycles. The fraction of sp³-hybridized carbons (Fsp3) is 0.400. The molecule has 0 aliphatic heterocycles. The Morgan fingerprint density at radius 1 is 1.36 bits per heavy atom. The lowest BCUT2D eigenvalue weighted by molar-refractivity contribution is -0.123. The molecule has 1 amide bonds.